The number of nitrogens with zero attached hydrogens (tertiary/aromatic N) is 1. The standard InChI is InChI=1S/C15H23N3O4/c1-10-13(14(19)20-3)7-12(22-10)9-18-15(16-2)17-8-11-5-4-6-21-11/h7,11H,4-6,8-9H2,1-3H3,(H2,16,17,18). The summed E-state index contributed by atoms with van der Waals surface area (Å²) >= 11 is 0. The molecule has 1 aliphatic rings. The lowest BCUT2D eigenvalue weighted by Crippen LogP contribution is -2.40. The molecule has 0 aromatic carbocycles. The van der Waals surface area contributed by atoms with Crippen molar-refractivity contribution in [1.82, 2.24) is 10.6 Å². The van der Waals surface area contributed by atoms with Crippen molar-refractivity contribution >= 4 is 11.9 Å². The molecule has 1 unspecified atom stereocenters. The van der Waals surface area contributed by atoms with Crippen LogP contribution in [-0.2, 0) is 16.0 Å². The first-order chi connectivity index (χ1) is 10.6. The van der Waals surface area contributed by atoms with Gasteiger partial charge in [0.15, 0.2) is 5.96 Å². The number of furan rings is 1. The Morgan fingerprint density at radius 1 is 1.50 bits per heavy atom. The van der Waals surface area contributed by atoms with Crippen molar-refractivity contribution in [2.45, 2.75) is 32.4 Å². The Kier molecular flexibility index (Phi) is 5.83. The van der Waals surface area contributed by atoms with Crippen LogP contribution in [0.5, 0.6) is 0 Å². The van der Waals surface area contributed by atoms with E-state index in [1.165, 1.54) is 7.11 Å². The highest BCUT2D eigenvalue weighted by Gasteiger charge is 2.17. The number of guanidine groups is 1. The van der Waals surface area contributed by atoms with E-state index in [0.29, 0.717) is 29.6 Å². The summed E-state index contributed by atoms with van der Waals surface area (Å²) in [7, 11) is 3.06. The van der Waals surface area contributed by atoms with Gasteiger partial charge in [0.05, 0.1) is 19.8 Å². The fraction of sp³-hybridized carbons (Fsp3) is 0.600. The number of nitrogens with one attached hydrogen (secondary N) is 2. The van der Waals surface area contributed by atoms with Crippen molar-refractivity contribution in [3.05, 3.63) is 23.2 Å². The van der Waals surface area contributed by atoms with E-state index < -0.39 is 5.97 Å². The predicted octanol–water partition coefficient (Wildman–Crippen LogP) is 1.22. The first-order valence-electron chi connectivity index (χ1n) is 7.37. The summed E-state index contributed by atoms with van der Waals surface area (Å²) in [6.45, 7) is 3.73. The van der Waals surface area contributed by atoms with Gasteiger partial charge in [-0.1, -0.05) is 0 Å². The Morgan fingerprint density at radius 3 is 2.95 bits per heavy atom. The molecule has 0 aliphatic carbocycles. The third kappa shape index (κ3) is 4.24. The van der Waals surface area contributed by atoms with Crippen LogP contribution in [-0.4, -0.2) is 45.3 Å². The van der Waals surface area contributed by atoms with Gasteiger partial charge in [-0.15, -0.1) is 0 Å². The van der Waals surface area contributed by atoms with Crippen molar-refractivity contribution in [2.75, 3.05) is 27.3 Å². The molecule has 1 aromatic heterocycles. The lowest BCUT2D eigenvalue weighted by Gasteiger charge is -2.14. The zero-order valence-electron chi connectivity index (χ0n) is 13.3. The molecule has 0 amide bonds. The number of rotatable bonds is 5. The maximum atomic E-state index is 11.5. The van der Waals surface area contributed by atoms with Gasteiger partial charge in [-0.05, 0) is 25.8 Å². The summed E-state index contributed by atoms with van der Waals surface area (Å²) in [6, 6.07) is 1.68. The number of hydrogen-bond donors (Lipinski definition) is 2. The molecule has 1 fully saturated rings. The molecule has 122 valence electrons. The minimum Gasteiger partial charge on any atom is -0.465 e. The fourth-order valence-electron chi connectivity index (χ4n) is 2.35. The predicted molar refractivity (Wildman–Crippen MR) is 82.0 cm³/mol. The number of aliphatic imine (C=N–C) groups is 1. The van der Waals surface area contributed by atoms with Gasteiger partial charge in [-0.3, -0.25) is 4.99 Å². The molecular weight excluding hydrogens is 286 g/mol. The molecule has 7 heteroatoms. The van der Waals surface area contributed by atoms with Crippen LogP contribution in [0.1, 0.15) is 34.7 Å². The SMILES string of the molecule is CN=C(NCc1cc(C(=O)OC)c(C)o1)NCC1CCCO1. The Morgan fingerprint density at radius 2 is 2.32 bits per heavy atom. The molecule has 22 heavy (non-hydrogen) atoms. The third-order valence-corrected chi connectivity index (χ3v) is 3.55. The quantitative estimate of drug-likeness (QED) is 0.483. The minimum atomic E-state index is -0.395. The topological polar surface area (TPSA) is 85.1 Å². The molecule has 2 N–H and O–H groups in total. The van der Waals surface area contributed by atoms with Gasteiger partial charge < -0.3 is 24.5 Å². The maximum absolute atomic E-state index is 11.5. The first-order valence-corrected chi connectivity index (χ1v) is 7.37. The molecule has 1 atom stereocenters. The van der Waals surface area contributed by atoms with E-state index in [2.05, 4.69) is 15.6 Å². The summed E-state index contributed by atoms with van der Waals surface area (Å²) < 4.78 is 15.8. The van der Waals surface area contributed by atoms with Crippen molar-refractivity contribution in [3.8, 4) is 0 Å². The van der Waals surface area contributed by atoms with E-state index in [4.69, 9.17) is 13.9 Å². The second kappa shape index (κ2) is 7.84. The van der Waals surface area contributed by atoms with Crippen molar-refractivity contribution in [2.24, 2.45) is 4.99 Å². The first kappa shape index (κ1) is 16.4. The molecule has 1 saturated heterocycles. The number of hydrogen-bond acceptors (Lipinski definition) is 5. The Bertz CT molecular complexity index is 533. The van der Waals surface area contributed by atoms with Crippen molar-refractivity contribution in [3.63, 3.8) is 0 Å². The Hall–Kier alpha value is -2.02. The van der Waals surface area contributed by atoms with E-state index in [9.17, 15) is 4.79 Å². The molecule has 2 rings (SSSR count). The molecule has 1 aliphatic heterocycles. The van der Waals surface area contributed by atoms with Crippen LogP contribution in [0, 0.1) is 6.92 Å². The lowest BCUT2D eigenvalue weighted by atomic mass is 10.2. The number of carbonyl (C=O) groups is 1. The van der Waals surface area contributed by atoms with Gasteiger partial charge in [0.1, 0.15) is 17.1 Å². The molecule has 2 heterocycles. The highest BCUT2D eigenvalue weighted by molar-refractivity contribution is 5.90. The largest absolute Gasteiger partial charge is 0.465 e. The molecular formula is C15H23N3O4. The maximum Gasteiger partial charge on any atom is 0.341 e. The van der Waals surface area contributed by atoms with Crippen molar-refractivity contribution < 1.29 is 18.7 Å². The third-order valence-electron chi connectivity index (χ3n) is 3.55. The van der Waals surface area contributed by atoms with E-state index in [1.54, 1.807) is 20.0 Å². The molecule has 0 saturated carbocycles. The molecule has 0 radical (unpaired) electrons. The highest BCUT2D eigenvalue weighted by Crippen LogP contribution is 2.15. The second-order valence-electron chi connectivity index (χ2n) is 5.12. The minimum absolute atomic E-state index is 0.246. The number of esters is 1. The van der Waals surface area contributed by atoms with Gasteiger partial charge in [0.2, 0.25) is 0 Å². The average molecular weight is 309 g/mol. The van der Waals surface area contributed by atoms with E-state index in [1.807, 2.05) is 0 Å². The lowest BCUT2D eigenvalue weighted by molar-refractivity contribution is 0.0599. The smallest absolute Gasteiger partial charge is 0.341 e. The second-order valence-corrected chi connectivity index (χ2v) is 5.12. The van der Waals surface area contributed by atoms with Crippen LogP contribution >= 0.6 is 0 Å². The van der Waals surface area contributed by atoms with E-state index >= 15 is 0 Å². The van der Waals surface area contributed by atoms with Crippen LogP contribution in [0.3, 0.4) is 0 Å². The molecule has 0 spiro atoms. The zero-order valence-corrected chi connectivity index (χ0v) is 13.3. The summed E-state index contributed by atoms with van der Waals surface area (Å²) in [4.78, 5) is 15.7. The summed E-state index contributed by atoms with van der Waals surface area (Å²) in [5.41, 5.74) is 0.446. The Balaban J connectivity index is 1.83. The van der Waals surface area contributed by atoms with Gasteiger partial charge in [-0.2, -0.15) is 0 Å². The van der Waals surface area contributed by atoms with Crippen LogP contribution in [0.4, 0.5) is 0 Å². The van der Waals surface area contributed by atoms with Crippen LogP contribution in [0.15, 0.2) is 15.5 Å². The Labute approximate surface area is 130 Å². The van der Waals surface area contributed by atoms with Crippen molar-refractivity contribution in [1.29, 1.82) is 0 Å². The monoisotopic (exact) mass is 309 g/mol. The number of methoxy groups -OCH3 is 1. The summed E-state index contributed by atoms with van der Waals surface area (Å²) in [6.07, 6.45) is 2.43. The number of carbonyl (C=O) groups excluding carboxylic acids is 1. The molecule has 1 aromatic rings. The van der Waals surface area contributed by atoms with Crippen LogP contribution in [0.25, 0.3) is 0 Å². The van der Waals surface area contributed by atoms with Gasteiger partial charge >= 0.3 is 5.97 Å². The van der Waals surface area contributed by atoms with Crippen LogP contribution in [0.2, 0.25) is 0 Å². The van der Waals surface area contributed by atoms with Gasteiger partial charge in [0.25, 0.3) is 0 Å². The van der Waals surface area contributed by atoms with Gasteiger partial charge in [0, 0.05) is 20.2 Å². The summed E-state index contributed by atoms with van der Waals surface area (Å²) in [5, 5.41) is 6.36. The van der Waals surface area contributed by atoms with Gasteiger partial charge in [-0.25, -0.2) is 4.79 Å². The number of aryl methyl sites for hydroxylation is 1. The molecule has 0 bridgehead atoms. The van der Waals surface area contributed by atoms with E-state index in [-0.39, 0.29) is 6.10 Å². The summed E-state index contributed by atoms with van der Waals surface area (Å²) in [5.74, 6) is 1.47. The fourth-order valence-corrected chi connectivity index (χ4v) is 2.35. The highest BCUT2D eigenvalue weighted by atomic mass is 16.5. The molecule has 7 nitrogen and oxygen atoms in total. The average Bonchev–Trinajstić information content (AvgIpc) is 3.16. The number of ether oxygens (including phenoxy) is 2. The van der Waals surface area contributed by atoms with Crippen LogP contribution < -0.4 is 10.6 Å². The van der Waals surface area contributed by atoms with E-state index in [0.717, 1.165) is 26.0 Å². The zero-order chi connectivity index (χ0) is 15.9. The normalized spacial score (nSPS) is 18.3.